The topological polar surface area (TPSA) is 21.3 Å². The average Bonchev–Trinajstić information content (AvgIpc) is 1.69. The lowest BCUT2D eigenvalue weighted by Gasteiger charge is -2.14. The summed E-state index contributed by atoms with van der Waals surface area (Å²) in [6.45, 7) is 2.88. The van der Waals surface area contributed by atoms with Crippen molar-refractivity contribution >= 4 is 0 Å². The second kappa shape index (κ2) is 1.87. The normalized spacial score (nSPS) is 28.4. The summed E-state index contributed by atoms with van der Waals surface area (Å²) in [5.74, 6) is 0. The highest BCUT2D eigenvalue weighted by Gasteiger charge is 2.00. The molecule has 0 fully saturated rings. The molecule has 1 heterocycles. The van der Waals surface area contributed by atoms with Crippen LogP contribution in [0.15, 0.2) is 6.26 Å². The molecule has 2 nitrogen and oxygen atoms in total. The van der Waals surface area contributed by atoms with Crippen LogP contribution in [0.5, 0.6) is 0 Å². The van der Waals surface area contributed by atoms with Crippen molar-refractivity contribution in [3.8, 4) is 0 Å². The maximum atomic E-state index is 4.98. The van der Waals surface area contributed by atoms with E-state index in [4.69, 9.17) is 4.74 Å². The minimum Gasteiger partial charge on any atom is -0.494 e. The molecule has 1 aliphatic rings. The highest BCUT2D eigenvalue weighted by atomic mass is 16.5. The molecule has 0 amide bonds. The molecule has 0 aromatic carbocycles. The number of rotatable bonds is 0. The van der Waals surface area contributed by atoms with Crippen molar-refractivity contribution in [2.75, 3.05) is 6.54 Å². The van der Waals surface area contributed by atoms with Crippen LogP contribution in [0.4, 0.5) is 0 Å². The smallest absolute Gasteiger partial charge is 0.112 e. The molecule has 0 saturated heterocycles. The predicted octanol–water partition coefficient (Wildman–Crippen LogP) is 0.269. The SMILES string of the molecule is CC1CN[C]=CO1. The first-order chi connectivity index (χ1) is 3.39. The van der Waals surface area contributed by atoms with E-state index in [-0.39, 0.29) is 0 Å². The largest absolute Gasteiger partial charge is 0.494 e. The number of hydrogen-bond acceptors (Lipinski definition) is 2. The summed E-state index contributed by atoms with van der Waals surface area (Å²) < 4.78 is 4.98. The molecule has 0 aliphatic carbocycles. The van der Waals surface area contributed by atoms with Gasteiger partial charge in [-0.2, -0.15) is 0 Å². The van der Waals surface area contributed by atoms with E-state index in [0.717, 1.165) is 6.54 Å². The van der Waals surface area contributed by atoms with Gasteiger partial charge < -0.3 is 10.1 Å². The molecule has 1 atom stereocenters. The van der Waals surface area contributed by atoms with Crippen LogP contribution in [0, 0.1) is 6.20 Å². The van der Waals surface area contributed by atoms with Crippen LogP contribution in [0.1, 0.15) is 6.92 Å². The molecule has 0 saturated carbocycles. The Morgan fingerprint density at radius 3 is 3.14 bits per heavy atom. The van der Waals surface area contributed by atoms with Crippen LogP contribution in [-0.2, 0) is 4.74 Å². The van der Waals surface area contributed by atoms with Gasteiger partial charge in [0.15, 0.2) is 0 Å². The van der Waals surface area contributed by atoms with Gasteiger partial charge in [0.2, 0.25) is 0 Å². The summed E-state index contributed by atoms with van der Waals surface area (Å²) in [5.41, 5.74) is 0. The summed E-state index contributed by atoms with van der Waals surface area (Å²) in [7, 11) is 0. The summed E-state index contributed by atoms with van der Waals surface area (Å²) in [4.78, 5) is 0. The monoisotopic (exact) mass is 98.1 g/mol. The summed E-state index contributed by atoms with van der Waals surface area (Å²) in [5, 5.41) is 2.90. The molecule has 0 aromatic heterocycles. The lowest BCUT2D eigenvalue weighted by molar-refractivity contribution is 0.145. The van der Waals surface area contributed by atoms with Crippen LogP contribution < -0.4 is 5.32 Å². The second-order valence-electron chi connectivity index (χ2n) is 1.59. The summed E-state index contributed by atoms with van der Waals surface area (Å²) >= 11 is 0. The van der Waals surface area contributed by atoms with Gasteiger partial charge in [0.1, 0.15) is 12.4 Å². The van der Waals surface area contributed by atoms with Crippen LogP contribution >= 0.6 is 0 Å². The zero-order chi connectivity index (χ0) is 5.11. The van der Waals surface area contributed by atoms with Crippen molar-refractivity contribution in [2.24, 2.45) is 0 Å². The Hall–Kier alpha value is -0.660. The molecule has 39 valence electrons. The number of nitrogens with one attached hydrogen (secondary N) is 1. The third kappa shape index (κ3) is 1.11. The number of ether oxygens (including phenoxy) is 1. The molecule has 7 heavy (non-hydrogen) atoms. The third-order valence-corrected chi connectivity index (χ3v) is 0.851. The molecule has 1 unspecified atom stereocenters. The van der Waals surface area contributed by atoms with Crippen molar-refractivity contribution in [1.29, 1.82) is 0 Å². The molecule has 1 N–H and O–H groups in total. The van der Waals surface area contributed by atoms with E-state index < -0.39 is 0 Å². The fraction of sp³-hybridized carbons (Fsp3) is 0.600. The van der Waals surface area contributed by atoms with Crippen molar-refractivity contribution < 1.29 is 4.74 Å². The Morgan fingerprint density at radius 1 is 2.00 bits per heavy atom. The fourth-order valence-electron chi connectivity index (χ4n) is 0.443. The van der Waals surface area contributed by atoms with Crippen molar-refractivity contribution in [1.82, 2.24) is 5.32 Å². The van der Waals surface area contributed by atoms with Gasteiger partial charge in [0.25, 0.3) is 0 Å². The minimum absolute atomic E-state index is 0.307. The Morgan fingerprint density at radius 2 is 2.86 bits per heavy atom. The van der Waals surface area contributed by atoms with Gasteiger partial charge in [0.05, 0.1) is 12.7 Å². The molecular formula is C5H8NO. The third-order valence-electron chi connectivity index (χ3n) is 0.851. The summed E-state index contributed by atoms with van der Waals surface area (Å²) in [6, 6.07) is 0. The lowest BCUT2D eigenvalue weighted by atomic mass is 10.4. The average molecular weight is 98.1 g/mol. The van der Waals surface area contributed by atoms with Gasteiger partial charge in [-0.15, -0.1) is 0 Å². The molecule has 2 heteroatoms. The van der Waals surface area contributed by atoms with E-state index in [1.807, 2.05) is 6.92 Å². The molecule has 1 aliphatic heterocycles. The lowest BCUT2D eigenvalue weighted by Crippen LogP contribution is -2.25. The van der Waals surface area contributed by atoms with Gasteiger partial charge in [-0.1, -0.05) is 0 Å². The Bertz CT molecular complexity index is 80.1. The maximum Gasteiger partial charge on any atom is 0.112 e. The van der Waals surface area contributed by atoms with E-state index in [0.29, 0.717) is 6.10 Å². The van der Waals surface area contributed by atoms with Crippen LogP contribution in [0.3, 0.4) is 0 Å². The standard InChI is InChI=1S/C5H8NO/c1-5-4-6-2-3-7-5/h3,5-6H,4H2,1H3. The predicted molar refractivity (Wildman–Crippen MR) is 26.4 cm³/mol. The summed E-state index contributed by atoms with van der Waals surface area (Å²) in [6.07, 6.45) is 4.57. The molecular weight excluding hydrogens is 90.1 g/mol. The van der Waals surface area contributed by atoms with E-state index in [9.17, 15) is 0 Å². The van der Waals surface area contributed by atoms with Crippen LogP contribution in [-0.4, -0.2) is 12.6 Å². The van der Waals surface area contributed by atoms with E-state index in [1.165, 1.54) is 0 Å². The van der Waals surface area contributed by atoms with Crippen molar-refractivity contribution in [2.45, 2.75) is 13.0 Å². The quantitative estimate of drug-likeness (QED) is 0.469. The highest BCUT2D eigenvalue weighted by molar-refractivity contribution is 4.71. The maximum absolute atomic E-state index is 4.98. The van der Waals surface area contributed by atoms with Gasteiger partial charge in [0, 0.05) is 0 Å². The zero-order valence-electron chi connectivity index (χ0n) is 4.27. The molecule has 1 rings (SSSR count). The number of hydrogen-bond donors (Lipinski definition) is 1. The first-order valence-corrected chi connectivity index (χ1v) is 2.35. The second-order valence-corrected chi connectivity index (χ2v) is 1.59. The van der Waals surface area contributed by atoms with E-state index in [2.05, 4.69) is 11.5 Å². The Kier molecular flexibility index (Phi) is 1.20. The van der Waals surface area contributed by atoms with E-state index >= 15 is 0 Å². The molecule has 0 aromatic rings. The first kappa shape index (κ1) is 4.50. The molecule has 0 spiro atoms. The molecule has 1 radical (unpaired) electrons. The fourth-order valence-corrected chi connectivity index (χ4v) is 0.443. The van der Waals surface area contributed by atoms with Crippen LogP contribution in [0.25, 0.3) is 0 Å². The Labute approximate surface area is 43.2 Å². The minimum atomic E-state index is 0.307. The van der Waals surface area contributed by atoms with Gasteiger partial charge in [-0.25, -0.2) is 0 Å². The van der Waals surface area contributed by atoms with Gasteiger partial charge in [-0.05, 0) is 6.92 Å². The van der Waals surface area contributed by atoms with Crippen LogP contribution in [0.2, 0.25) is 0 Å². The van der Waals surface area contributed by atoms with Gasteiger partial charge >= 0.3 is 0 Å². The van der Waals surface area contributed by atoms with Crippen molar-refractivity contribution in [3.63, 3.8) is 0 Å². The first-order valence-electron chi connectivity index (χ1n) is 2.35. The Balaban J connectivity index is 2.32. The molecule has 0 bridgehead atoms. The van der Waals surface area contributed by atoms with Crippen molar-refractivity contribution in [3.05, 3.63) is 12.5 Å². The zero-order valence-corrected chi connectivity index (χ0v) is 4.27. The van der Waals surface area contributed by atoms with Gasteiger partial charge in [-0.3, -0.25) is 0 Å². The van der Waals surface area contributed by atoms with E-state index in [1.54, 1.807) is 6.26 Å². The highest BCUT2D eigenvalue weighted by Crippen LogP contribution is 1.91.